The van der Waals surface area contributed by atoms with E-state index in [2.05, 4.69) is 15.9 Å². The molecule has 0 aromatic heterocycles. The first-order chi connectivity index (χ1) is 9.11. The number of rotatable bonds is 3. The molecular formula is C13H9BrN2O2S. The van der Waals surface area contributed by atoms with Crippen LogP contribution >= 0.6 is 27.7 Å². The number of thioether (sulfide) groups is 1. The molecule has 0 spiro atoms. The van der Waals surface area contributed by atoms with Crippen LogP contribution in [0.5, 0.6) is 0 Å². The highest BCUT2D eigenvalue weighted by Crippen LogP contribution is 2.32. The Bertz CT molecular complexity index is 607. The van der Waals surface area contributed by atoms with Crippen LogP contribution in [-0.2, 0) is 4.79 Å². The molecule has 0 N–H and O–H groups in total. The van der Waals surface area contributed by atoms with Gasteiger partial charge < -0.3 is 0 Å². The van der Waals surface area contributed by atoms with E-state index in [0.29, 0.717) is 4.91 Å². The third-order valence-electron chi connectivity index (χ3n) is 2.47. The summed E-state index contributed by atoms with van der Waals surface area (Å²) in [5.41, 5.74) is 0.847. The first-order valence-corrected chi connectivity index (χ1v) is 7.10. The minimum Gasteiger partial charge on any atom is -0.268 e. The molecule has 1 aromatic carbocycles. The highest BCUT2D eigenvalue weighted by atomic mass is 79.9. The van der Waals surface area contributed by atoms with Gasteiger partial charge in [0.25, 0.3) is 11.1 Å². The normalized spacial score (nSPS) is 17.1. The van der Waals surface area contributed by atoms with Gasteiger partial charge >= 0.3 is 0 Å². The van der Waals surface area contributed by atoms with Crippen molar-refractivity contribution in [3.05, 3.63) is 39.2 Å². The molecule has 1 fully saturated rings. The highest BCUT2D eigenvalue weighted by Gasteiger charge is 2.34. The Kier molecular flexibility index (Phi) is 4.40. The van der Waals surface area contributed by atoms with E-state index in [1.54, 1.807) is 6.08 Å². The van der Waals surface area contributed by atoms with Gasteiger partial charge in [0, 0.05) is 11.0 Å². The molecule has 0 aliphatic carbocycles. The molecule has 96 valence electrons. The number of hydrogen-bond acceptors (Lipinski definition) is 4. The largest absolute Gasteiger partial charge is 0.293 e. The van der Waals surface area contributed by atoms with Gasteiger partial charge in [0.1, 0.15) is 0 Å². The average Bonchev–Trinajstić information content (AvgIpc) is 2.62. The lowest BCUT2D eigenvalue weighted by Crippen LogP contribution is -2.28. The molecule has 0 saturated carbocycles. The zero-order chi connectivity index (χ0) is 13.8. The van der Waals surface area contributed by atoms with Crippen molar-refractivity contribution >= 4 is 44.9 Å². The Morgan fingerprint density at radius 3 is 2.89 bits per heavy atom. The Morgan fingerprint density at radius 2 is 2.21 bits per heavy atom. The van der Waals surface area contributed by atoms with Gasteiger partial charge in [0.05, 0.1) is 17.4 Å². The number of benzene rings is 1. The predicted molar refractivity (Wildman–Crippen MR) is 77.0 cm³/mol. The second kappa shape index (κ2) is 6.04. The molecule has 1 aromatic rings. The van der Waals surface area contributed by atoms with Crippen molar-refractivity contribution in [3.63, 3.8) is 0 Å². The molecular weight excluding hydrogens is 328 g/mol. The molecule has 19 heavy (non-hydrogen) atoms. The van der Waals surface area contributed by atoms with Crippen LogP contribution in [-0.4, -0.2) is 22.6 Å². The lowest BCUT2D eigenvalue weighted by Gasteiger charge is -2.08. The van der Waals surface area contributed by atoms with Gasteiger partial charge in [0.2, 0.25) is 0 Å². The molecule has 0 bridgehead atoms. The van der Waals surface area contributed by atoms with Crippen LogP contribution in [0, 0.1) is 11.3 Å². The molecule has 1 aliphatic heterocycles. The lowest BCUT2D eigenvalue weighted by atomic mass is 10.2. The molecule has 2 rings (SSSR count). The van der Waals surface area contributed by atoms with Crippen molar-refractivity contribution in [2.24, 2.45) is 0 Å². The Hall–Kier alpha value is -1.58. The van der Waals surface area contributed by atoms with Gasteiger partial charge in [-0.2, -0.15) is 5.26 Å². The first-order valence-electron chi connectivity index (χ1n) is 5.49. The van der Waals surface area contributed by atoms with Gasteiger partial charge in [0.15, 0.2) is 0 Å². The maximum absolute atomic E-state index is 12.0. The zero-order valence-electron chi connectivity index (χ0n) is 9.80. The van der Waals surface area contributed by atoms with Crippen molar-refractivity contribution in [1.29, 1.82) is 5.26 Å². The van der Waals surface area contributed by atoms with Crippen LogP contribution in [0.4, 0.5) is 4.79 Å². The number of carbonyl (C=O) groups excluding carboxylic acids is 2. The Labute approximate surface area is 123 Å². The fourth-order valence-electron chi connectivity index (χ4n) is 1.60. The second-order valence-electron chi connectivity index (χ2n) is 3.80. The van der Waals surface area contributed by atoms with Crippen LogP contribution in [0.1, 0.15) is 12.0 Å². The van der Waals surface area contributed by atoms with Gasteiger partial charge in [-0.05, 0) is 35.5 Å². The van der Waals surface area contributed by atoms with Gasteiger partial charge in [-0.1, -0.05) is 28.1 Å². The number of carbonyl (C=O) groups is 2. The second-order valence-corrected chi connectivity index (χ2v) is 5.71. The summed E-state index contributed by atoms with van der Waals surface area (Å²) in [7, 11) is 0. The van der Waals surface area contributed by atoms with Crippen molar-refractivity contribution in [3.8, 4) is 6.07 Å². The standard InChI is InChI=1S/C13H9BrN2O2S/c14-10-4-1-3-9(7-10)8-11-12(17)16(6-2-5-15)13(18)19-11/h1,3-4,7-8H,2,6H2. The van der Waals surface area contributed by atoms with E-state index in [-0.39, 0.29) is 24.1 Å². The topological polar surface area (TPSA) is 61.2 Å². The monoisotopic (exact) mass is 336 g/mol. The minimum atomic E-state index is -0.328. The third-order valence-corrected chi connectivity index (χ3v) is 3.87. The summed E-state index contributed by atoms with van der Waals surface area (Å²) in [4.78, 5) is 25.2. The van der Waals surface area contributed by atoms with Crippen LogP contribution in [0.15, 0.2) is 33.6 Å². The first kappa shape index (κ1) is 13.8. The molecule has 0 radical (unpaired) electrons. The summed E-state index contributed by atoms with van der Waals surface area (Å²) in [5.74, 6) is -0.328. The van der Waals surface area contributed by atoms with Gasteiger partial charge in [-0.15, -0.1) is 0 Å². The molecule has 0 unspecified atom stereocenters. The third kappa shape index (κ3) is 3.25. The zero-order valence-corrected chi connectivity index (χ0v) is 12.2. The Balaban J connectivity index is 2.21. The maximum Gasteiger partial charge on any atom is 0.293 e. The summed E-state index contributed by atoms with van der Waals surface area (Å²) in [6.45, 7) is 0.150. The Morgan fingerprint density at radius 1 is 1.42 bits per heavy atom. The van der Waals surface area contributed by atoms with Crippen LogP contribution in [0.2, 0.25) is 0 Å². The summed E-state index contributed by atoms with van der Waals surface area (Å²) in [6.07, 6.45) is 1.84. The number of halogens is 1. The molecule has 2 amide bonds. The van der Waals surface area contributed by atoms with Crippen LogP contribution in [0.25, 0.3) is 6.08 Å². The van der Waals surface area contributed by atoms with E-state index in [9.17, 15) is 9.59 Å². The minimum absolute atomic E-state index is 0.150. The van der Waals surface area contributed by atoms with Gasteiger partial charge in [-0.25, -0.2) is 0 Å². The van der Waals surface area contributed by atoms with E-state index in [1.807, 2.05) is 30.3 Å². The molecule has 1 heterocycles. The summed E-state index contributed by atoms with van der Waals surface area (Å²) < 4.78 is 0.907. The van der Waals surface area contributed by atoms with Crippen LogP contribution < -0.4 is 0 Å². The molecule has 6 heteroatoms. The van der Waals surface area contributed by atoms with Gasteiger partial charge in [-0.3, -0.25) is 14.5 Å². The smallest absolute Gasteiger partial charge is 0.268 e. The van der Waals surface area contributed by atoms with E-state index in [1.165, 1.54) is 0 Å². The summed E-state index contributed by atoms with van der Waals surface area (Å²) in [6, 6.07) is 9.39. The maximum atomic E-state index is 12.0. The van der Waals surface area contributed by atoms with Crippen LogP contribution in [0.3, 0.4) is 0 Å². The number of amides is 2. The number of nitrogens with zero attached hydrogens (tertiary/aromatic N) is 2. The average molecular weight is 337 g/mol. The number of imide groups is 1. The van der Waals surface area contributed by atoms with E-state index < -0.39 is 0 Å². The van der Waals surface area contributed by atoms with Crippen molar-refractivity contribution in [2.75, 3.05) is 6.54 Å². The van der Waals surface area contributed by atoms with Crippen molar-refractivity contribution < 1.29 is 9.59 Å². The molecule has 0 atom stereocenters. The lowest BCUT2D eigenvalue weighted by molar-refractivity contribution is -0.122. The fraction of sp³-hybridized carbons (Fsp3) is 0.154. The molecule has 4 nitrogen and oxygen atoms in total. The van der Waals surface area contributed by atoms with E-state index in [4.69, 9.17) is 5.26 Å². The van der Waals surface area contributed by atoms with E-state index in [0.717, 1.165) is 26.7 Å². The molecule has 1 saturated heterocycles. The number of nitriles is 1. The number of hydrogen-bond donors (Lipinski definition) is 0. The predicted octanol–water partition coefficient (Wildman–Crippen LogP) is 3.40. The van der Waals surface area contributed by atoms with Crippen molar-refractivity contribution in [2.45, 2.75) is 6.42 Å². The fourth-order valence-corrected chi connectivity index (χ4v) is 2.88. The summed E-state index contributed by atoms with van der Waals surface area (Å²) in [5, 5.41) is 8.19. The summed E-state index contributed by atoms with van der Waals surface area (Å²) >= 11 is 4.26. The quantitative estimate of drug-likeness (QED) is 0.793. The molecule has 1 aliphatic rings. The van der Waals surface area contributed by atoms with E-state index >= 15 is 0 Å². The highest BCUT2D eigenvalue weighted by molar-refractivity contribution is 9.10. The SMILES string of the molecule is N#CCCN1C(=O)SC(=Cc2cccc(Br)c2)C1=O. The van der Waals surface area contributed by atoms with Crippen molar-refractivity contribution in [1.82, 2.24) is 4.90 Å².